The summed E-state index contributed by atoms with van der Waals surface area (Å²) in [5.74, 6) is 0.171. The third-order valence-corrected chi connectivity index (χ3v) is 3.83. The molecule has 0 saturated carbocycles. The maximum absolute atomic E-state index is 13.5. The summed E-state index contributed by atoms with van der Waals surface area (Å²) in [6, 6.07) is 0.253. The maximum Gasteiger partial charge on any atom is 0.415 e. The van der Waals surface area contributed by atoms with Gasteiger partial charge in [-0.2, -0.15) is 5.12 Å². The molecular weight excluding hydrogens is 295 g/mol. The number of aromatic nitrogens is 2. The zero-order valence-corrected chi connectivity index (χ0v) is 12.4. The first-order chi connectivity index (χ1) is 10.4. The van der Waals surface area contributed by atoms with Crippen molar-refractivity contribution in [3.63, 3.8) is 0 Å². The number of hydrogen-bond donors (Lipinski definition) is 0. The molecule has 3 heterocycles. The summed E-state index contributed by atoms with van der Waals surface area (Å²) in [6.45, 7) is 4.19. The number of imidazole rings is 1. The lowest BCUT2D eigenvalue weighted by Gasteiger charge is -2.35. The number of fused-ring (bicyclic) bond motifs is 1. The molecule has 0 N–H and O–H groups in total. The van der Waals surface area contributed by atoms with Gasteiger partial charge < -0.3 is 14.9 Å². The number of nitro groups is 1. The lowest BCUT2D eigenvalue weighted by Crippen LogP contribution is -2.53. The summed E-state index contributed by atoms with van der Waals surface area (Å²) in [6.07, 6.45) is 1.37. The molecule has 1 atom stereocenters. The van der Waals surface area contributed by atoms with Crippen LogP contribution in [-0.2, 0) is 6.54 Å². The van der Waals surface area contributed by atoms with E-state index >= 15 is 0 Å². The summed E-state index contributed by atoms with van der Waals surface area (Å²) in [5.41, 5.74) is -0.547. The third-order valence-electron chi connectivity index (χ3n) is 3.83. The lowest BCUT2D eigenvalue weighted by atomic mass is 10.1. The average Bonchev–Trinajstić information content (AvgIpc) is 2.96. The Labute approximate surface area is 126 Å². The first-order valence-corrected chi connectivity index (χ1v) is 6.92. The Bertz CT molecular complexity index is 607. The van der Waals surface area contributed by atoms with Gasteiger partial charge in [-0.3, -0.25) is 14.5 Å². The number of hydrogen-bond acceptors (Lipinski definition) is 6. The SMILES string of the molecule is CN=C1CN(C[C@@]2(C)Cn3cc([N+](=O)[O-])nc3O2)CCN1F. The van der Waals surface area contributed by atoms with Gasteiger partial charge in [0.25, 0.3) is 0 Å². The summed E-state index contributed by atoms with van der Waals surface area (Å²) < 4.78 is 20.9. The quantitative estimate of drug-likeness (QED) is 0.458. The Kier molecular flexibility index (Phi) is 3.47. The van der Waals surface area contributed by atoms with Crippen molar-refractivity contribution in [3.8, 4) is 6.01 Å². The number of ether oxygens (including phenoxy) is 1. The molecule has 1 saturated heterocycles. The molecule has 0 bridgehead atoms. The molecule has 9 nitrogen and oxygen atoms in total. The third kappa shape index (κ3) is 2.61. The van der Waals surface area contributed by atoms with Crippen molar-refractivity contribution in [2.24, 2.45) is 4.99 Å². The molecule has 0 aliphatic carbocycles. The van der Waals surface area contributed by atoms with Crippen molar-refractivity contribution < 1.29 is 14.1 Å². The fourth-order valence-corrected chi connectivity index (χ4v) is 2.86. The molecule has 0 radical (unpaired) electrons. The molecule has 1 aromatic rings. The minimum Gasteiger partial charge on any atom is -0.436 e. The highest BCUT2D eigenvalue weighted by atomic mass is 19.2. The van der Waals surface area contributed by atoms with Crippen LogP contribution in [0.2, 0.25) is 0 Å². The number of rotatable bonds is 3. The zero-order chi connectivity index (χ0) is 15.9. The van der Waals surface area contributed by atoms with Gasteiger partial charge in [0.1, 0.15) is 17.6 Å². The van der Waals surface area contributed by atoms with Crippen LogP contribution in [0.15, 0.2) is 11.2 Å². The highest BCUT2D eigenvalue weighted by Crippen LogP contribution is 2.31. The fourth-order valence-electron chi connectivity index (χ4n) is 2.86. The van der Waals surface area contributed by atoms with Gasteiger partial charge in [0.2, 0.25) is 0 Å². The van der Waals surface area contributed by atoms with E-state index in [-0.39, 0.29) is 18.4 Å². The van der Waals surface area contributed by atoms with Crippen LogP contribution in [0.4, 0.5) is 10.3 Å². The van der Waals surface area contributed by atoms with Crippen LogP contribution in [0.1, 0.15) is 6.92 Å². The van der Waals surface area contributed by atoms with Gasteiger partial charge in [-0.1, -0.05) is 4.48 Å². The summed E-state index contributed by atoms with van der Waals surface area (Å²) >= 11 is 0. The van der Waals surface area contributed by atoms with Crippen LogP contribution in [0, 0.1) is 10.1 Å². The summed E-state index contributed by atoms with van der Waals surface area (Å²) in [7, 11) is 1.56. The Morgan fingerprint density at radius 2 is 2.36 bits per heavy atom. The molecule has 1 fully saturated rings. The molecule has 3 rings (SSSR count). The van der Waals surface area contributed by atoms with E-state index in [0.29, 0.717) is 37.1 Å². The monoisotopic (exact) mass is 312 g/mol. The molecular formula is C12H17FN6O3. The van der Waals surface area contributed by atoms with E-state index in [1.54, 1.807) is 11.6 Å². The Hall–Kier alpha value is -2.23. The van der Waals surface area contributed by atoms with Crippen LogP contribution < -0.4 is 4.74 Å². The van der Waals surface area contributed by atoms with Gasteiger partial charge in [-0.25, -0.2) is 0 Å². The molecule has 2 aliphatic heterocycles. The van der Waals surface area contributed by atoms with Crippen molar-refractivity contribution in [2.45, 2.75) is 19.1 Å². The summed E-state index contributed by atoms with van der Waals surface area (Å²) in [5, 5.41) is 11.4. The largest absolute Gasteiger partial charge is 0.436 e. The van der Waals surface area contributed by atoms with Crippen LogP contribution in [-0.4, -0.2) is 69.2 Å². The molecule has 0 unspecified atom stereocenters. The van der Waals surface area contributed by atoms with E-state index in [9.17, 15) is 14.6 Å². The van der Waals surface area contributed by atoms with Crippen molar-refractivity contribution in [1.82, 2.24) is 19.6 Å². The van der Waals surface area contributed by atoms with E-state index in [1.165, 1.54) is 6.20 Å². The molecule has 0 amide bonds. The van der Waals surface area contributed by atoms with E-state index in [2.05, 4.69) is 14.9 Å². The normalized spacial score (nSPS) is 27.0. The highest BCUT2D eigenvalue weighted by Gasteiger charge is 2.42. The van der Waals surface area contributed by atoms with Gasteiger partial charge in [-0.15, -0.1) is 0 Å². The number of nitrogens with zero attached hydrogens (tertiary/aromatic N) is 6. The Morgan fingerprint density at radius 3 is 3.00 bits per heavy atom. The van der Waals surface area contributed by atoms with E-state index in [1.807, 2.05) is 6.92 Å². The Balaban J connectivity index is 1.66. The average molecular weight is 312 g/mol. The van der Waals surface area contributed by atoms with E-state index in [0.717, 1.165) is 0 Å². The highest BCUT2D eigenvalue weighted by molar-refractivity contribution is 5.83. The summed E-state index contributed by atoms with van der Waals surface area (Å²) in [4.78, 5) is 20.0. The van der Waals surface area contributed by atoms with Gasteiger partial charge in [0.15, 0.2) is 0 Å². The van der Waals surface area contributed by atoms with E-state index in [4.69, 9.17) is 4.74 Å². The van der Waals surface area contributed by atoms with E-state index < -0.39 is 10.5 Å². The molecule has 0 aromatic carbocycles. The number of amidine groups is 1. The van der Waals surface area contributed by atoms with Crippen LogP contribution >= 0.6 is 0 Å². The van der Waals surface area contributed by atoms with Gasteiger partial charge >= 0.3 is 11.8 Å². The number of halogens is 1. The number of piperazine rings is 1. The topological polar surface area (TPSA) is 89.0 Å². The van der Waals surface area contributed by atoms with Gasteiger partial charge in [0.05, 0.1) is 19.6 Å². The molecule has 10 heteroatoms. The first-order valence-electron chi connectivity index (χ1n) is 6.92. The minimum absolute atomic E-state index is 0.219. The maximum atomic E-state index is 13.5. The molecule has 22 heavy (non-hydrogen) atoms. The number of aliphatic imine (C=N–C) groups is 1. The molecule has 2 aliphatic rings. The first kappa shape index (κ1) is 14.7. The second-order valence-corrected chi connectivity index (χ2v) is 5.75. The molecule has 120 valence electrons. The second kappa shape index (κ2) is 5.20. The van der Waals surface area contributed by atoms with Crippen LogP contribution in [0.3, 0.4) is 0 Å². The zero-order valence-electron chi connectivity index (χ0n) is 12.4. The minimum atomic E-state index is -0.547. The fraction of sp³-hybridized carbons (Fsp3) is 0.667. The predicted molar refractivity (Wildman–Crippen MR) is 75.5 cm³/mol. The second-order valence-electron chi connectivity index (χ2n) is 5.75. The molecule has 0 spiro atoms. The lowest BCUT2D eigenvalue weighted by molar-refractivity contribution is -0.389. The van der Waals surface area contributed by atoms with Gasteiger partial charge in [-0.05, 0) is 11.8 Å². The Morgan fingerprint density at radius 1 is 1.59 bits per heavy atom. The van der Waals surface area contributed by atoms with Crippen molar-refractivity contribution >= 4 is 11.7 Å². The van der Waals surface area contributed by atoms with Crippen LogP contribution in [0.25, 0.3) is 0 Å². The van der Waals surface area contributed by atoms with Crippen molar-refractivity contribution in [2.75, 3.05) is 33.2 Å². The van der Waals surface area contributed by atoms with Crippen molar-refractivity contribution in [3.05, 3.63) is 16.3 Å². The van der Waals surface area contributed by atoms with Crippen LogP contribution in [0.5, 0.6) is 6.01 Å². The molecule has 1 aromatic heterocycles. The standard InChI is InChI=1S/C12H17FN6O3/c1-12(7-16-3-4-18(13)9(5-16)14-2)8-17-6-10(19(20)21)15-11(17)22-12/h6H,3-5,7-8H2,1-2H3/t12-/m0/s1. The smallest absolute Gasteiger partial charge is 0.415 e. The van der Waals surface area contributed by atoms with Crippen molar-refractivity contribution in [1.29, 1.82) is 0 Å². The predicted octanol–water partition coefficient (Wildman–Crippen LogP) is 0.473. The van der Waals surface area contributed by atoms with Gasteiger partial charge in [0, 0.05) is 25.1 Å².